The quantitative estimate of drug-likeness (QED) is 0.620. The van der Waals surface area contributed by atoms with Crippen molar-refractivity contribution >= 4 is 22.7 Å². The van der Waals surface area contributed by atoms with Gasteiger partial charge in [0, 0.05) is 44.9 Å². The first-order valence-corrected chi connectivity index (χ1v) is 10.9. The Morgan fingerprint density at radius 3 is 2.48 bits per heavy atom. The highest BCUT2D eigenvalue weighted by Crippen LogP contribution is 2.37. The van der Waals surface area contributed by atoms with Gasteiger partial charge >= 0.3 is 0 Å². The molecule has 0 bridgehead atoms. The van der Waals surface area contributed by atoms with Crippen LogP contribution in [0.25, 0.3) is 10.9 Å². The molecular formula is C26H28N2O5. The molecule has 172 valence electrons. The van der Waals surface area contributed by atoms with Crippen LogP contribution in [0.5, 0.6) is 0 Å². The molecule has 0 saturated heterocycles. The van der Waals surface area contributed by atoms with Crippen LogP contribution < -0.4 is 0 Å². The fraction of sp³-hybridized carbons (Fsp3) is 0.308. The van der Waals surface area contributed by atoms with E-state index in [4.69, 9.17) is 9.47 Å². The van der Waals surface area contributed by atoms with Crippen molar-refractivity contribution in [3.63, 3.8) is 0 Å². The first-order valence-electron chi connectivity index (χ1n) is 10.9. The fourth-order valence-corrected chi connectivity index (χ4v) is 4.04. The summed E-state index contributed by atoms with van der Waals surface area (Å²) in [5.74, 6) is -0.241. The van der Waals surface area contributed by atoms with Crippen LogP contribution in [0.4, 0.5) is 0 Å². The minimum absolute atomic E-state index is 0.0107. The van der Waals surface area contributed by atoms with Gasteiger partial charge in [-0.3, -0.25) is 14.2 Å². The van der Waals surface area contributed by atoms with Gasteiger partial charge in [-0.2, -0.15) is 0 Å². The highest BCUT2D eigenvalue weighted by Gasteiger charge is 2.31. The molecule has 0 unspecified atom stereocenters. The Balaban J connectivity index is 1.64. The molecule has 0 fully saturated rings. The molecule has 0 aliphatic carbocycles. The van der Waals surface area contributed by atoms with Gasteiger partial charge in [-0.05, 0) is 28.8 Å². The number of carbonyl (C=O) groups is 2. The Kier molecular flexibility index (Phi) is 6.62. The summed E-state index contributed by atoms with van der Waals surface area (Å²) < 4.78 is 13.6. The van der Waals surface area contributed by atoms with Crippen LogP contribution in [-0.4, -0.2) is 46.8 Å². The van der Waals surface area contributed by atoms with Gasteiger partial charge in [-0.15, -0.1) is 0 Å². The number of aliphatic hydroxyl groups is 1. The molecule has 2 aromatic carbocycles. The van der Waals surface area contributed by atoms with Gasteiger partial charge in [-0.25, -0.2) is 0 Å². The Morgan fingerprint density at radius 2 is 1.82 bits per heavy atom. The molecule has 1 amide bonds. The molecule has 0 radical (unpaired) electrons. The largest absolute Gasteiger partial charge is 0.459 e. The van der Waals surface area contributed by atoms with Crippen LogP contribution in [0.15, 0.2) is 66.6 Å². The standard InChI is InChI=1S/C26H28N2O5/c1-17(30)28-14-22(21-6-4-5-7-23(21)28)20-12-24(26(31)27(2)3)33-25(13-20)32-16-19-10-8-18(15-29)9-11-19/h4-12,14,20,25,29H,13,15-16H2,1-3H3/t20-,25+/m1/s1. The second kappa shape index (κ2) is 9.60. The average molecular weight is 449 g/mol. The lowest BCUT2D eigenvalue weighted by molar-refractivity contribution is -0.154. The number of nitrogens with zero attached hydrogens (tertiary/aromatic N) is 2. The molecule has 0 saturated carbocycles. The molecule has 4 rings (SSSR count). The Hall–Kier alpha value is -3.42. The zero-order valence-electron chi connectivity index (χ0n) is 19.0. The molecule has 1 aliphatic heterocycles. The van der Waals surface area contributed by atoms with Crippen LogP contribution >= 0.6 is 0 Å². The summed E-state index contributed by atoms with van der Waals surface area (Å²) in [5.41, 5.74) is 3.56. The smallest absolute Gasteiger partial charge is 0.288 e. The first kappa shape index (κ1) is 22.8. The lowest BCUT2D eigenvalue weighted by Crippen LogP contribution is -2.32. The minimum atomic E-state index is -0.629. The molecule has 33 heavy (non-hydrogen) atoms. The van der Waals surface area contributed by atoms with Crippen molar-refractivity contribution in [1.29, 1.82) is 0 Å². The minimum Gasteiger partial charge on any atom is -0.459 e. The molecule has 1 aliphatic rings. The van der Waals surface area contributed by atoms with Crippen LogP contribution in [0.2, 0.25) is 0 Å². The lowest BCUT2D eigenvalue weighted by atomic mass is 9.92. The van der Waals surface area contributed by atoms with E-state index >= 15 is 0 Å². The van der Waals surface area contributed by atoms with Crippen molar-refractivity contribution in [3.05, 3.63) is 83.3 Å². The van der Waals surface area contributed by atoms with Crippen LogP contribution in [0.3, 0.4) is 0 Å². The maximum absolute atomic E-state index is 12.7. The third-order valence-corrected chi connectivity index (χ3v) is 5.80. The second-order valence-electron chi connectivity index (χ2n) is 8.40. The Labute approximate surface area is 192 Å². The molecule has 1 aromatic heterocycles. The molecule has 3 aromatic rings. The number of aromatic nitrogens is 1. The molecule has 2 heterocycles. The van der Waals surface area contributed by atoms with E-state index in [1.54, 1.807) is 18.7 Å². The number of aliphatic hydroxyl groups excluding tert-OH is 1. The van der Waals surface area contributed by atoms with E-state index in [2.05, 4.69) is 0 Å². The third kappa shape index (κ3) is 4.84. The Morgan fingerprint density at radius 1 is 1.12 bits per heavy atom. The molecule has 7 heteroatoms. The van der Waals surface area contributed by atoms with Crippen LogP contribution in [0.1, 0.15) is 40.7 Å². The second-order valence-corrected chi connectivity index (χ2v) is 8.40. The molecule has 7 nitrogen and oxygen atoms in total. The van der Waals surface area contributed by atoms with Crippen molar-refractivity contribution in [2.24, 2.45) is 0 Å². The number of hydrogen-bond acceptors (Lipinski definition) is 5. The number of amides is 1. The lowest BCUT2D eigenvalue weighted by Gasteiger charge is -2.30. The normalized spacial score (nSPS) is 18.0. The van der Waals surface area contributed by atoms with E-state index in [0.717, 1.165) is 27.6 Å². The highest BCUT2D eigenvalue weighted by molar-refractivity contribution is 5.95. The number of benzene rings is 2. The summed E-state index contributed by atoms with van der Waals surface area (Å²) >= 11 is 0. The number of allylic oxidation sites excluding steroid dienone is 1. The summed E-state index contributed by atoms with van der Waals surface area (Å²) in [6.07, 6.45) is 3.55. The fourth-order valence-electron chi connectivity index (χ4n) is 4.04. The molecule has 1 N–H and O–H groups in total. The van der Waals surface area contributed by atoms with E-state index < -0.39 is 6.29 Å². The van der Waals surface area contributed by atoms with Crippen LogP contribution in [-0.2, 0) is 27.5 Å². The number of carbonyl (C=O) groups excluding carboxylic acids is 2. The van der Waals surface area contributed by atoms with Gasteiger partial charge < -0.3 is 19.5 Å². The van der Waals surface area contributed by atoms with Crippen molar-refractivity contribution in [3.8, 4) is 0 Å². The first-order chi connectivity index (χ1) is 15.9. The van der Waals surface area contributed by atoms with E-state index in [0.29, 0.717) is 13.0 Å². The zero-order valence-corrected chi connectivity index (χ0v) is 19.0. The topological polar surface area (TPSA) is 81.0 Å². The average Bonchev–Trinajstić information content (AvgIpc) is 3.22. The van der Waals surface area contributed by atoms with Gasteiger partial charge in [0.1, 0.15) is 0 Å². The number of ether oxygens (including phenoxy) is 2. The summed E-state index contributed by atoms with van der Waals surface area (Å²) in [6, 6.07) is 15.2. The molecule has 0 spiro atoms. The maximum atomic E-state index is 12.7. The van der Waals surface area contributed by atoms with Gasteiger partial charge in [0.05, 0.1) is 18.7 Å². The number of likely N-dealkylation sites (N-methyl/N-ethyl adjacent to an activating group) is 1. The predicted octanol–water partition coefficient (Wildman–Crippen LogP) is 3.81. The number of hydrogen-bond donors (Lipinski definition) is 1. The summed E-state index contributed by atoms with van der Waals surface area (Å²) in [4.78, 5) is 26.4. The number of fused-ring (bicyclic) bond motifs is 1. The SMILES string of the molecule is CC(=O)n1cc([C@@H]2C=C(C(=O)N(C)C)O[C@H](OCc3ccc(CO)cc3)C2)c2ccccc21. The van der Waals surface area contributed by atoms with E-state index in [1.165, 1.54) is 11.8 Å². The third-order valence-electron chi connectivity index (χ3n) is 5.80. The van der Waals surface area contributed by atoms with E-state index in [9.17, 15) is 14.7 Å². The van der Waals surface area contributed by atoms with Crippen molar-refractivity contribution in [2.75, 3.05) is 14.1 Å². The Bertz CT molecular complexity index is 1190. The van der Waals surface area contributed by atoms with Crippen molar-refractivity contribution < 1.29 is 24.2 Å². The van der Waals surface area contributed by atoms with Gasteiger partial charge in [0.15, 0.2) is 5.76 Å². The summed E-state index contributed by atoms with van der Waals surface area (Å²) in [5, 5.41) is 10.2. The van der Waals surface area contributed by atoms with Crippen LogP contribution in [0, 0.1) is 0 Å². The summed E-state index contributed by atoms with van der Waals surface area (Å²) in [7, 11) is 3.35. The van der Waals surface area contributed by atoms with Crippen molar-refractivity contribution in [2.45, 2.75) is 38.8 Å². The van der Waals surface area contributed by atoms with Crippen molar-refractivity contribution in [1.82, 2.24) is 9.47 Å². The van der Waals surface area contributed by atoms with Gasteiger partial charge in [0.2, 0.25) is 12.2 Å². The maximum Gasteiger partial charge on any atom is 0.288 e. The predicted molar refractivity (Wildman–Crippen MR) is 124 cm³/mol. The highest BCUT2D eigenvalue weighted by atomic mass is 16.7. The monoisotopic (exact) mass is 448 g/mol. The van der Waals surface area contributed by atoms with Gasteiger partial charge in [0.25, 0.3) is 5.91 Å². The van der Waals surface area contributed by atoms with E-state index in [-0.39, 0.29) is 30.1 Å². The number of para-hydroxylation sites is 1. The number of rotatable bonds is 6. The zero-order chi connectivity index (χ0) is 23.5. The van der Waals surface area contributed by atoms with Gasteiger partial charge in [-0.1, -0.05) is 42.5 Å². The summed E-state index contributed by atoms with van der Waals surface area (Å²) in [6.45, 7) is 1.83. The van der Waals surface area contributed by atoms with E-state index in [1.807, 2.05) is 60.8 Å². The molecular weight excluding hydrogens is 420 g/mol. The molecule has 2 atom stereocenters.